The summed E-state index contributed by atoms with van der Waals surface area (Å²) in [5.74, 6) is 0. The summed E-state index contributed by atoms with van der Waals surface area (Å²) in [4.78, 5) is 9.06. The Labute approximate surface area is 819 Å². The molecular weight excluding hydrogens is 3010 g/mol. The van der Waals surface area contributed by atoms with Gasteiger partial charge in [-0.2, -0.15) is 0 Å². The van der Waals surface area contributed by atoms with Crippen LogP contribution in [0.4, 0.5) is 0 Å². The van der Waals surface area contributed by atoms with E-state index in [1.807, 2.05) is 79.8 Å². The Balaban J connectivity index is -0.0000000269. The number of hydrogen-bond acceptors (Lipinski definition) is 10. The first-order valence-electron chi connectivity index (χ1n) is 35.7. The molecule has 0 heterocycles. The molecule has 0 aliphatic rings. The van der Waals surface area contributed by atoms with Gasteiger partial charge in [0.1, 0.15) is 0 Å². The van der Waals surface area contributed by atoms with Crippen molar-refractivity contribution >= 4 is 209 Å². The quantitative estimate of drug-likeness (QED) is 0.0631. The fourth-order valence-corrected chi connectivity index (χ4v) is 16.1. The minimum atomic E-state index is -0.250. The predicted octanol–water partition coefficient (Wildman–Crippen LogP) is 22.4. The Morgan fingerprint density at radius 1 is 0.412 bits per heavy atom. The van der Waals surface area contributed by atoms with Crippen LogP contribution in [0.2, 0.25) is 0 Å². The smallest absolute Gasteiger partial charge is 1.00 e. The van der Waals surface area contributed by atoms with Crippen LogP contribution >= 0.6 is 124 Å². The first kappa shape index (κ1) is 148. The van der Waals surface area contributed by atoms with E-state index >= 15 is 0 Å². The molecule has 0 saturated carbocycles. The van der Waals surface area contributed by atoms with Gasteiger partial charge in [-0.25, -0.2) is 0 Å². The average Bonchev–Trinajstić information content (AvgIpc) is 0.925. The zero-order valence-electron chi connectivity index (χ0n) is 76.7. The Hall–Kier alpha value is 9.91. The first-order valence-corrected chi connectivity index (χ1v) is 53.7. The van der Waals surface area contributed by atoms with Gasteiger partial charge >= 0.3 is 181 Å². The van der Waals surface area contributed by atoms with Crippen LogP contribution in [0.25, 0.3) is 0 Å². The van der Waals surface area contributed by atoms with Gasteiger partial charge in [0.25, 0.3) is 0 Å². The molecule has 0 bridgehead atoms. The molecule has 0 radical (unpaired) electrons. The second-order valence-corrected chi connectivity index (χ2v) is 55.2. The Bertz CT molecular complexity index is 1300. The number of hydrogen-bond donors (Lipinski definition) is 0. The molecule has 0 aliphatic carbocycles. The van der Waals surface area contributed by atoms with Gasteiger partial charge in [0, 0.05) is 145 Å². The van der Waals surface area contributed by atoms with Gasteiger partial charge in [-0.05, 0) is 177 Å². The molecule has 0 fully saturated rings. The summed E-state index contributed by atoms with van der Waals surface area (Å²) >= 11 is 51.0. The van der Waals surface area contributed by atoms with Gasteiger partial charge in [-0.3, -0.25) is 0 Å². The molecule has 97 heavy (non-hydrogen) atoms. The molecular formula is C66H174Au8N5P8S10+5. The van der Waals surface area contributed by atoms with Crippen molar-refractivity contribution in [3.05, 3.63) is 0 Å². The zero-order chi connectivity index (χ0) is 85.0. The van der Waals surface area contributed by atoms with E-state index in [1.165, 1.54) is 104 Å². The third kappa shape index (κ3) is 209. The van der Waals surface area contributed by atoms with E-state index in [0.717, 1.165) is 60.1 Å². The van der Waals surface area contributed by atoms with Crippen LogP contribution in [0.3, 0.4) is 0 Å². The summed E-state index contributed by atoms with van der Waals surface area (Å²) in [6.07, 6.45) is 8.53. The third-order valence-electron chi connectivity index (χ3n) is 10.2. The molecule has 0 aromatic rings. The molecule has 646 valence electrons. The van der Waals surface area contributed by atoms with E-state index < -0.39 is 0 Å². The van der Waals surface area contributed by atoms with Crippen LogP contribution < -0.4 is 0 Å². The van der Waals surface area contributed by atoms with Crippen LogP contribution in [0.1, 0.15) is 198 Å². The maximum absolute atomic E-state index is 5.88. The molecule has 0 N–H and O–H groups in total. The normalized spacial score (nSPS) is 9.30. The van der Waals surface area contributed by atoms with Crippen molar-refractivity contribution in [2.24, 2.45) is 0 Å². The molecule has 0 atom stereocenters. The van der Waals surface area contributed by atoms with Crippen molar-refractivity contribution in [2.45, 2.75) is 223 Å². The van der Waals surface area contributed by atoms with Gasteiger partial charge in [0.05, 0.1) is 35.5 Å². The molecule has 5 nitrogen and oxygen atoms in total. The Kier molecular flexibility index (Phi) is 211. The average molecular weight is 3190 g/mol. The van der Waals surface area contributed by atoms with Crippen molar-refractivity contribution in [3.8, 4) is 0 Å². The van der Waals surface area contributed by atoms with Gasteiger partial charge < -0.3 is 149 Å². The number of nitrogens with zero attached hydrogens (tertiary/aromatic N) is 5. The maximum Gasteiger partial charge on any atom is 1.00 e. The topological polar surface area (TPSA) is 16.2 Å². The van der Waals surface area contributed by atoms with Crippen LogP contribution in [0, 0.1) is 0 Å². The van der Waals surface area contributed by atoms with Crippen LogP contribution in [0.15, 0.2) is 0 Å². The predicted molar refractivity (Wildman–Crippen MR) is 512 cm³/mol. The second kappa shape index (κ2) is 138. The van der Waals surface area contributed by atoms with Crippen LogP contribution in [-0.2, 0) is 242 Å². The van der Waals surface area contributed by atoms with E-state index in [1.54, 1.807) is 14.7 Å². The summed E-state index contributed by atoms with van der Waals surface area (Å²) in [5.41, 5.74) is 5.50. The Morgan fingerprint density at radius 2 is 0.546 bits per heavy atom. The first-order chi connectivity index (χ1) is 45.2. The van der Waals surface area contributed by atoms with Gasteiger partial charge in [-0.15, -0.1) is 15.8 Å². The molecule has 0 aromatic heterocycles. The summed E-state index contributed by atoms with van der Waals surface area (Å²) in [6, 6.07) is 0. The van der Waals surface area contributed by atoms with E-state index in [4.69, 9.17) is 60.0 Å². The molecule has 0 unspecified atom stereocenters. The number of rotatable bonds is 16. The monoisotopic (exact) mass is 3190 g/mol. The van der Waals surface area contributed by atoms with Crippen LogP contribution in [-0.4, -0.2) is 268 Å². The molecule has 0 aliphatic heterocycles. The maximum atomic E-state index is 5.88. The fraction of sp³-hybridized carbons (Fsp3) is 0.924. The summed E-state index contributed by atoms with van der Waals surface area (Å²) in [5, 5.41) is 0. The largest absolute Gasteiger partial charge is 1.00 e. The molecule has 0 amide bonds. The van der Waals surface area contributed by atoms with Crippen molar-refractivity contribution in [1.82, 2.24) is 24.5 Å². The third-order valence-corrected chi connectivity index (χ3v) is 27.5. The van der Waals surface area contributed by atoms with Gasteiger partial charge in [0.15, 0.2) is 0 Å². The van der Waals surface area contributed by atoms with E-state index in [-0.39, 0.29) is 196 Å². The fourth-order valence-electron chi connectivity index (χ4n) is 5.67. The molecule has 31 heteroatoms. The van der Waals surface area contributed by atoms with Crippen molar-refractivity contribution < 1.29 is 187 Å². The van der Waals surface area contributed by atoms with Gasteiger partial charge in [0.2, 0.25) is 0 Å². The van der Waals surface area contributed by atoms with Crippen molar-refractivity contribution in [1.29, 1.82) is 2.04 Å². The SMILES string of the molecule is C.C.CC(C)P(C(C)C)C(C)C.CC(C)[PH+](C(C)C)C(C)C.CCN(CC)C(=S)[S-].CCN(CC)C(=S)[S-].CCP(CC)CC.CC[PH+](C)C.CC[PH+](C)CC.CN(C)C(=S)[S-].CN(C)C(=S)[S-].CN(C)C(=S)[S-].CP(C)C.C[PH+](C)C.C[PH+](C)C.[2H]C[3H].[2H]C[3H].[2H]C[3H].[2H][Au].[2H][Au].[2H][Au].[Au+].[Au+].[Au+].[Au+].[Au+]. The Morgan fingerprint density at radius 3 is 0.546 bits per heavy atom. The second-order valence-electron chi connectivity index (χ2n) is 23.2. The number of thiocarbonyl (C=S) groups is 5. The molecule has 0 aromatic carbocycles. The van der Waals surface area contributed by atoms with Crippen molar-refractivity contribution in [2.75, 3.05) is 185 Å². The summed E-state index contributed by atoms with van der Waals surface area (Å²) in [6.45, 7) is 81.2. The summed E-state index contributed by atoms with van der Waals surface area (Å²) in [7, 11) is 11.7. The van der Waals surface area contributed by atoms with E-state index in [9.17, 15) is 0 Å². The minimum absolute atomic E-state index is 0. The molecule has 0 saturated heterocycles. The van der Waals surface area contributed by atoms with E-state index in [2.05, 4.69) is 279 Å². The standard InChI is InChI=1S/2C9H21P.C6H15P.2C5H11NS2.C5H13P.C4H11P.3C3H7NS2.3C3H9P.5CH4.8Au.3H/c2*1-7(2)10(8(3)4)9(5)6;1-4-7(5-2)6-3;2*1-3-6(4-2)5(7)8;1-4-6(3)5-2;1-4-5(2)3;3*1-4(2)3(5)6;3*1-4(2)3;;;;;;;;;;;;;;;;/h2*7-9H,1-6H3;4-6H2,1-3H3;2*3-4H2,1-2H3,(H,7,8);4-5H2,1-3H3;4H2,1-3H3;3*1-2H3,(H,5,6);3*1-3H3;5*1H4;;;;;;;;;;;/q;;;;;;;;;;;;;;;;;;;;;5*+1;;;/i;;;;;;;;;;;;;3*1TD;;;;;;;;;;;3*1+1. The minimum Gasteiger partial charge on any atom is 1.00 e. The van der Waals surface area contributed by atoms with Gasteiger partial charge in [-0.1, -0.05) is 129 Å². The van der Waals surface area contributed by atoms with Crippen molar-refractivity contribution in [3.63, 3.8) is 0 Å². The molecule has 0 rings (SSSR count). The van der Waals surface area contributed by atoms with E-state index in [0.29, 0.717) is 37.4 Å². The zero-order valence-corrected chi connectivity index (χ0v) is 101. The van der Waals surface area contributed by atoms with Crippen LogP contribution in [0.5, 0.6) is 0 Å². The molecule has 0 spiro atoms. The summed E-state index contributed by atoms with van der Waals surface area (Å²) < 4.78 is 55.0.